The van der Waals surface area contributed by atoms with Crippen molar-refractivity contribution < 1.29 is 22.8 Å². The first-order chi connectivity index (χ1) is 14.7. The summed E-state index contributed by atoms with van der Waals surface area (Å²) in [5.74, 6) is 0.670. The van der Waals surface area contributed by atoms with E-state index in [0.29, 0.717) is 18.1 Å². The standard InChI is InChI=1S/C20H27N5O5S.CH4/c1-25(16-8-13(19(26)20(16)27)10-30-31(21,28)29)18-9-17(22-11-23-18)24-15-7-6-12-4-2-3-5-14(12)15;/h2-5,9,11,13,15-16,19-20,26-27H,6-8,10H2,1H3,(H2,21,28,29)(H,22,23,24);1H4/t13-,15+,16-,19-,20+;/m1./s1. The van der Waals surface area contributed by atoms with E-state index in [2.05, 4.69) is 31.6 Å². The van der Waals surface area contributed by atoms with Crippen molar-refractivity contribution in [3.8, 4) is 0 Å². The summed E-state index contributed by atoms with van der Waals surface area (Å²) in [6.45, 7) is -0.293. The van der Waals surface area contributed by atoms with Crippen LogP contribution in [-0.2, 0) is 20.9 Å². The molecule has 0 spiro atoms. The number of nitrogens with one attached hydrogen (secondary N) is 1. The van der Waals surface area contributed by atoms with Gasteiger partial charge in [-0.1, -0.05) is 31.7 Å². The van der Waals surface area contributed by atoms with Gasteiger partial charge in [-0.2, -0.15) is 8.42 Å². The van der Waals surface area contributed by atoms with Gasteiger partial charge in [0.05, 0.1) is 24.8 Å². The Hall–Kier alpha value is -2.31. The molecule has 4 rings (SSSR count). The Morgan fingerprint density at radius 2 is 2.00 bits per heavy atom. The minimum Gasteiger partial charge on any atom is -0.390 e. The van der Waals surface area contributed by atoms with Gasteiger partial charge in [0.15, 0.2) is 0 Å². The molecule has 11 heteroatoms. The molecule has 0 aliphatic heterocycles. The van der Waals surface area contributed by atoms with Gasteiger partial charge in [0, 0.05) is 19.0 Å². The highest BCUT2D eigenvalue weighted by atomic mass is 32.2. The van der Waals surface area contributed by atoms with Crippen LogP contribution in [0.1, 0.15) is 37.4 Å². The molecule has 5 atom stereocenters. The van der Waals surface area contributed by atoms with E-state index in [1.807, 2.05) is 12.1 Å². The van der Waals surface area contributed by atoms with Crippen LogP contribution >= 0.6 is 0 Å². The van der Waals surface area contributed by atoms with E-state index in [0.717, 1.165) is 12.8 Å². The third kappa shape index (κ3) is 5.18. The molecule has 1 heterocycles. The fraction of sp³-hybridized carbons (Fsp3) is 0.524. The number of aryl methyl sites for hydroxylation is 1. The number of aliphatic hydroxyl groups is 2. The Morgan fingerprint density at radius 1 is 1.25 bits per heavy atom. The Labute approximate surface area is 188 Å². The van der Waals surface area contributed by atoms with Crippen LogP contribution in [0.25, 0.3) is 0 Å². The maximum absolute atomic E-state index is 11.0. The normalized spacial score (nSPS) is 26.9. The Balaban J connectivity index is 0.00000289. The van der Waals surface area contributed by atoms with Crippen molar-refractivity contribution >= 4 is 21.9 Å². The van der Waals surface area contributed by atoms with Crippen LogP contribution in [0.3, 0.4) is 0 Å². The summed E-state index contributed by atoms with van der Waals surface area (Å²) in [5.41, 5.74) is 2.60. The van der Waals surface area contributed by atoms with E-state index < -0.39 is 34.5 Å². The molecule has 1 fully saturated rings. The van der Waals surface area contributed by atoms with Gasteiger partial charge in [-0.05, 0) is 30.4 Å². The predicted octanol–water partition coefficient (Wildman–Crippen LogP) is 0.979. The first kappa shape index (κ1) is 24.3. The van der Waals surface area contributed by atoms with Crippen LogP contribution in [-0.4, -0.2) is 60.5 Å². The zero-order valence-electron chi connectivity index (χ0n) is 17.1. The first-order valence-corrected chi connectivity index (χ1v) is 11.6. The zero-order chi connectivity index (χ0) is 22.2. The highest BCUT2D eigenvalue weighted by molar-refractivity contribution is 7.84. The lowest BCUT2D eigenvalue weighted by Gasteiger charge is -2.29. The predicted molar refractivity (Wildman–Crippen MR) is 121 cm³/mol. The quantitative estimate of drug-likeness (QED) is 0.469. The largest absolute Gasteiger partial charge is 0.390 e. The van der Waals surface area contributed by atoms with E-state index in [9.17, 15) is 18.6 Å². The van der Waals surface area contributed by atoms with Crippen molar-refractivity contribution in [3.63, 3.8) is 0 Å². The molecule has 0 amide bonds. The first-order valence-electron chi connectivity index (χ1n) is 10.2. The van der Waals surface area contributed by atoms with Gasteiger partial charge in [0.1, 0.15) is 24.1 Å². The van der Waals surface area contributed by atoms with Crippen molar-refractivity contribution in [1.29, 1.82) is 0 Å². The Kier molecular flexibility index (Phi) is 7.36. The highest BCUT2D eigenvalue weighted by Crippen LogP contribution is 2.35. The third-order valence-corrected chi connectivity index (χ3v) is 6.65. The van der Waals surface area contributed by atoms with Gasteiger partial charge >= 0.3 is 10.3 Å². The van der Waals surface area contributed by atoms with E-state index in [-0.39, 0.29) is 20.1 Å². The van der Waals surface area contributed by atoms with Crippen LogP contribution < -0.4 is 15.4 Å². The smallest absolute Gasteiger partial charge is 0.333 e. The highest BCUT2D eigenvalue weighted by Gasteiger charge is 2.44. The molecule has 2 aliphatic carbocycles. The van der Waals surface area contributed by atoms with Gasteiger partial charge < -0.3 is 20.4 Å². The molecule has 1 saturated carbocycles. The maximum Gasteiger partial charge on any atom is 0.333 e. The molecule has 1 aromatic heterocycles. The van der Waals surface area contributed by atoms with Crippen molar-refractivity contribution in [1.82, 2.24) is 9.97 Å². The molecule has 2 aliphatic rings. The van der Waals surface area contributed by atoms with E-state index in [1.165, 1.54) is 17.5 Å². The van der Waals surface area contributed by atoms with E-state index in [4.69, 9.17) is 5.14 Å². The van der Waals surface area contributed by atoms with E-state index >= 15 is 0 Å². The monoisotopic (exact) mass is 465 g/mol. The third-order valence-electron chi connectivity index (χ3n) is 6.18. The number of nitrogens with two attached hydrogens (primary N) is 1. The number of benzene rings is 1. The van der Waals surface area contributed by atoms with Gasteiger partial charge in [0.25, 0.3) is 0 Å². The number of rotatable bonds is 7. The van der Waals surface area contributed by atoms with Gasteiger partial charge in [-0.25, -0.2) is 15.1 Å². The summed E-state index contributed by atoms with van der Waals surface area (Å²) in [6.07, 6.45) is 1.54. The molecular formula is C21H31N5O5S. The minimum atomic E-state index is -4.12. The number of aromatic nitrogens is 2. The molecule has 0 saturated heterocycles. The van der Waals surface area contributed by atoms with Crippen molar-refractivity contribution in [2.45, 2.75) is 51.0 Å². The van der Waals surface area contributed by atoms with Crippen LogP contribution in [0.5, 0.6) is 0 Å². The second kappa shape index (κ2) is 9.67. The molecular weight excluding hydrogens is 434 g/mol. The number of aliphatic hydroxyl groups excluding tert-OH is 2. The fourth-order valence-electron chi connectivity index (χ4n) is 4.51. The topological polar surface area (TPSA) is 151 Å². The van der Waals surface area contributed by atoms with E-state index in [1.54, 1.807) is 18.0 Å². The lowest BCUT2D eigenvalue weighted by atomic mass is 10.1. The summed E-state index contributed by atoms with van der Waals surface area (Å²) in [4.78, 5) is 10.4. The van der Waals surface area contributed by atoms with Crippen LogP contribution in [0.4, 0.5) is 11.6 Å². The number of hydrogen-bond acceptors (Lipinski definition) is 9. The molecule has 1 aromatic carbocycles. The van der Waals surface area contributed by atoms with Crippen LogP contribution in [0.2, 0.25) is 0 Å². The molecule has 0 bridgehead atoms. The molecule has 176 valence electrons. The molecule has 2 aromatic rings. The average molecular weight is 466 g/mol. The van der Waals surface area contributed by atoms with Crippen LogP contribution in [0.15, 0.2) is 36.7 Å². The van der Waals surface area contributed by atoms with Gasteiger partial charge in [-0.15, -0.1) is 0 Å². The Bertz CT molecular complexity index is 1040. The van der Waals surface area contributed by atoms with Gasteiger partial charge in [0.2, 0.25) is 0 Å². The second-order valence-corrected chi connectivity index (χ2v) is 9.35. The summed E-state index contributed by atoms with van der Waals surface area (Å²) in [7, 11) is -2.35. The van der Waals surface area contributed by atoms with Crippen LogP contribution in [0, 0.1) is 5.92 Å². The summed E-state index contributed by atoms with van der Waals surface area (Å²) < 4.78 is 26.7. The lowest BCUT2D eigenvalue weighted by Crippen LogP contribution is -2.41. The van der Waals surface area contributed by atoms with Crippen molar-refractivity contribution in [3.05, 3.63) is 47.8 Å². The summed E-state index contributed by atoms with van der Waals surface area (Å²) in [6, 6.07) is 9.83. The summed E-state index contributed by atoms with van der Waals surface area (Å²) in [5, 5.41) is 29.2. The molecule has 32 heavy (non-hydrogen) atoms. The number of fused-ring (bicyclic) bond motifs is 1. The molecule has 0 unspecified atom stereocenters. The Morgan fingerprint density at radius 3 is 2.75 bits per heavy atom. The number of nitrogens with zero attached hydrogens (tertiary/aromatic N) is 3. The average Bonchev–Trinajstić information content (AvgIpc) is 3.27. The number of hydrogen-bond donors (Lipinski definition) is 4. The maximum atomic E-state index is 11.0. The number of likely N-dealkylation sites (N-methyl/N-ethyl adjacent to an activating group) is 1. The lowest BCUT2D eigenvalue weighted by molar-refractivity contribution is 0.00578. The number of anilines is 2. The van der Waals surface area contributed by atoms with Crippen molar-refractivity contribution in [2.75, 3.05) is 23.9 Å². The molecule has 0 radical (unpaired) electrons. The summed E-state index contributed by atoms with van der Waals surface area (Å²) >= 11 is 0. The minimum absolute atomic E-state index is 0. The zero-order valence-corrected chi connectivity index (χ0v) is 17.9. The fourth-order valence-corrected chi connectivity index (χ4v) is 4.87. The molecule has 10 nitrogen and oxygen atoms in total. The second-order valence-electron chi connectivity index (χ2n) is 8.13. The SMILES string of the molecule is C.CN(c1cc(N[C@H]2CCc3ccccc32)ncn1)[C@@H]1C[C@H](COS(N)(=O)=O)[C@@H](O)[C@H]1O. The molecule has 5 N–H and O–H groups in total. The van der Waals surface area contributed by atoms with Gasteiger partial charge in [-0.3, -0.25) is 4.18 Å². The van der Waals surface area contributed by atoms with Crippen molar-refractivity contribution in [2.24, 2.45) is 11.1 Å².